The van der Waals surface area contributed by atoms with Crippen LogP contribution in [0, 0.1) is 0 Å². The SMILES string of the molecule is C=C(C)C[C@H](NC(=O)[C@@H](NC(=O)OCc1ccccc1)[C@@H](C)O)C(=O)OC. The fourth-order valence-corrected chi connectivity index (χ4v) is 2.24. The normalized spacial score (nSPS) is 13.6. The van der Waals surface area contributed by atoms with Gasteiger partial charge in [0.15, 0.2) is 0 Å². The zero-order valence-corrected chi connectivity index (χ0v) is 15.7. The van der Waals surface area contributed by atoms with Crippen molar-refractivity contribution in [2.75, 3.05) is 7.11 Å². The van der Waals surface area contributed by atoms with E-state index >= 15 is 0 Å². The van der Waals surface area contributed by atoms with Crippen LogP contribution in [0.2, 0.25) is 0 Å². The molecule has 0 aliphatic carbocycles. The molecule has 8 heteroatoms. The van der Waals surface area contributed by atoms with E-state index in [1.54, 1.807) is 31.2 Å². The standard InChI is InChI=1S/C19H26N2O6/c1-12(2)10-15(18(24)26-4)20-17(23)16(13(3)22)21-19(25)27-11-14-8-6-5-7-9-14/h5-9,13,15-16,22H,1,10-11H2,2-4H3,(H,20,23)(H,21,25)/t13-,15+,16+/m1/s1. The van der Waals surface area contributed by atoms with Crippen LogP contribution >= 0.6 is 0 Å². The van der Waals surface area contributed by atoms with Crippen molar-refractivity contribution in [3.63, 3.8) is 0 Å². The van der Waals surface area contributed by atoms with Crippen molar-refractivity contribution in [3.8, 4) is 0 Å². The molecule has 0 spiro atoms. The predicted octanol–water partition coefficient (Wildman–Crippen LogP) is 1.29. The summed E-state index contributed by atoms with van der Waals surface area (Å²) < 4.78 is 9.70. The van der Waals surface area contributed by atoms with E-state index in [1.165, 1.54) is 14.0 Å². The molecule has 0 aliphatic heterocycles. The quantitative estimate of drug-likeness (QED) is 0.441. The second-order valence-electron chi connectivity index (χ2n) is 6.17. The number of esters is 1. The molecule has 0 aromatic heterocycles. The molecule has 1 aromatic rings. The summed E-state index contributed by atoms with van der Waals surface area (Å²) in [5.41, 5.74) is 1.44. The second kappa shape index (κ2) is 11.0. The minimum atomic E-state index is -1.30. The topological polar surface area (TPSA) is 114 Å². The van der Waals surface area contributed by atoms with Gasteiger partial charge in [0.25, 0.3) is 0 Å². The molecule has 0 saturated carbocycles. The molecule has 1 rings (SSSR count). The van der Waals surface area contributed by atoms with Crippen molar-refractivity contribution < 1.29 is 29.0 Å². The van der Waals surface area contributed by atoms with Crippen molar-refractivity contribution in [3.05, 3.63) is 48.0 Å². The zero-order chi connectivity index (χ0) is 20.4. The summed E-state index contributed by atoms with van der Waals surface area (Å²) in [4.78, 5) is 36.2. The van der Waals surface area contributed by atoms with Crippen molar-refractivity contribution in [2.45, 2.75) is 45.1 Å². The summed E-state index contributed by atoms with van der Waals surface area (Å²) in [6.07, 6.45) is -1.91. The fourth-order valence-electron chi connectivity index (χ4n) is 2.24. The van der Waals surface area contributed by atoms with E-state index in [1.807, 2.05) is 6.07 Å². The monoisotopic (exact) mass is 378 g/mol. The maximum atomic E-state index is 12.4. The van der Waals surface area contributed by atoms with Gasteiger partial charge in [-0.15, -0.1) is 6.58 Å². The Morgan fingerprint density at radius 2 is 1.81 bits per heavy atom. The predicted molar refractivity (Wildman–Crippen MR) is 98.6 cm³/mol. The van der Waals surface area contributed by atoms with Crippen LogP contribution in [0.15, 0.2) is 42.5 Å². The molecule has 3 atom stereocenters. The number of hydrogen-bond acceptors (Lipinski definition) is 6. The van der Waals surface area contributed by atoms with Crippen molar-refractivity contribution in [1.29, 1.82) is 0 Å². The molecule has 0 radical (unpaired) electrons. The minimum absolute atomic E-state index is 0.0151. The van der Waals surface area contributed by atoms with Crippen LogP contribution in [0.1, 0.15) is 25.8 Å². The maximum absolute atomic E-state index is 12.4. The Morgan fingerprint density at radius 1 is 1.19 bits per heavy atom. The average molecular weight is 378 g/mol. The highest BCUT2D eigenvalue weighted by Gasteiger charge is 2.30. The van der Waals surface area contributed by atoms with Crippen molar-refractivity contribution in [2.24, 2.45) is 0 Å². The minimum Gasteiger partial charge on any atom is -0.467 e. The highest BCUT2D eigenvalue weighted by molar-refractivity contribution is 5.90. The number of benzene rings is 1. The summed E-state index contributed by atoms with van der Waals surface area (Å²) in [5, 5.41) is 14.6. The lowest BCUT2D eigenvalue weighted by molar-refractivity contribution is -0.145. The first-order valence-electron chi connectivity index (χ1n) is 8.42. The van der Waals surface area contributed by atoms with E-state index in [2.05, 4.69) is 21.9 Å². The van der Waals surface area contributed by atoms with Gasteiger partial charge >= 0.3 is 12.1 Å². The van der Waals surface area contributed by atoms with E-state index in [9.17, 15) is 19.5 Å². The van der Waals surface area contributed by atoms with Gasteiger partial charge in [0.2, 0.25) is 5.91 Å². The number of rotatable bonds is 9. The van der Waals surface area contributed by atoms with Gasteiger partial charge in [0.1, 0.15) is 18.7 Å². The van der Waals surface area contributed by atoms with E-state index < -0.39 is 36.2 Å². The maximum Gasteiger partial charge on any atom is 0.408 e. The lowest BCUT2D eigenvalue weighted by atomic mass is 10.1. The Kier molecular flexibility index (Phi) is 9.01. The first-order chi connectivity index (χ1) is 12.7. The molecule has 1 aromatic carbocycles. The number of carbonyl (C=O) groups is 3. The van der Waals surface area contributed by atoms with E-state index in [4.69, 9.17) is 4.74 Å². The fraction of sp³-hybridized carbons (Fsp3) is 0.421. The number of amides is 2. The number of alkyl carbamates (subject to hydrolysis) is 1. The Balaban J connectivity index is 2.69. The molecule has 27 heavy (non-hydrogen) atoms. The van der Waals surface area contributed by atoms with Crippen LogP contribution in [0.25, 0.3) is 0 Å². The molecule has 0 saturated heterocycles. The molecule has 2 amide bonds. The molecule has 0 heterocycles. The second-order valence-corrected chi connectivity index (χ2v) is 6.17. The van der Waals surface area contributed by atoms with E-state index in [0.717, 1.165) is 5.56 Å². The average Bonchev–Trinajstić information content (AvgIpc) is 2.63. The third kappa shape index (κ3) is 7.91. The van der Waals surface area contributed by atoms with Gasteiger partial charge in [0.05, 0.1) is 13.2 Å². The first kappa shape index (κ1) is 22.2. The lowest BCUT2D eigenvalue weighted by Crippen LogP contribution is -2.56. The van der Waals surface area contributed by atoms with Crippen LogP contribution < -0.4 is 10.6 Å². The summed E-state index contributed by atoms with van der Waals surface area (Å²) in [7, 11) is 1.20. The number of aliphatic hydroxyl groups is 1. The van der Waals surface area contributed by atoms with Gasteiger partial charge in [-0.3, -0.25) is 4.79 Å². The Labute approximate surface area is 158 Å². The molecular weight excluding hydrogens is 352 g/mol. The largest absolute Gasteiger partial charge is 0.467 e. The Hall–Kier alpha value is -2.87. The van der Waals surface area contributed by atoms with Gasteiger partial charge in [0, 0.05) is 0 Å². The molecule has 0 fully saturated rings. The number of hydrogen-bond donors (Lipinski definition) is 3. The number of aliphatic hydroxyl groups excluding tert-OH is 1. The Morgan fingerprint density at radius 3 is 2.33 bits per heavy atom. The number of carbonyl (C=O) groups excluding carboxylic acids is 3. The summed E-state index contributed by atoms with van der Waals surface area (Å²) >= 11 is 0. The van der Waals surface area contributed by atoms with Crippen LogP contribution in [0.4, 0.5) is 4.79 Å². The Bertz CT molecular complexity index is 659. The van der Waals surface area contributed by atoms with Crippen molar-refractivity contribution >= 4 is 18.0 Å². The summed E-state index contributed by atoms with van der Waals surface area (Å²) in [6.45, 7) is 6.76. The molecule has 8 nitrogen and oxygen atoms in total. The number of methoxy groups -OCH3 is 1. The molecule has 3 N–H and O–H groups in total. The van der Waals surface area contributed by atoms with Gasteiger partial charge in [-0.2, -0.15) is 0 Å². The number of nitrogens with one attached hydrogen (secondary N) is 2. The molecule has 0 aliphatic rings. The van der Waals surface area contributed by atoms with Crippen LogP contribution in [-0.2, 0) is 25.7 Å². The first-order valence-corrected chi connectivity index (χ1v) is 8.42. The van der Waals surface area contributed by atoms with E-state index in [-0.39, 0.29) is 13.0 Å². The molecule has 0 unspecified atom stereocenters. The molecular formula is C19H26N2O6. The third-order valence-electron chi connectivity index (χ3n) is 3.61. The van der Waals surface area contributed by atoms with Gasteiger partial charge in [-0.1, -0.05) is 35.9 Å². The number of ether oxygens (including phenoxy) is 2. The summed E-state index contributed by atoms with van der Waals surface area (Å²) in [5.74, 6) is -1.39. The molecule has 0 bridgehead atoms. The summed E-state index contributed by atoms with van der Waals surface area (Å²) in [6, 6.07) is 6.73. The van der Waals surface area contributed by atoms with Gasteiger partial charge < -0.3 is 25.2 Å². The van der Waals surface area contributed by atoms with Gasteiger partial charge in [-0.25, -0.2) is 9.59 Å². The smallest absolute Gasteiger partial charge is 0.408 e. The highest BCUT2D eigenvalue weighted by atomic mass is 16.5. The zero-order valence-electron chi connectivity index (χ0n) is 15.7. The van der Waals surface area contributed by atoms with Crippen molar-refractivity contribution in [1.82, 2.24) is 10.6 Å². The van der Waals surface area contributed by atoms with Gasteiger partial charge in [-0.05, 0) is 25.8 Å². The van der Waals surface area contributed by atoms with E-state index in [0.29, 0.717) is 5.57 Å². The lowest BCUT2D eigenvalue weighted by Gasteiger charge is -2.23. The molecule has 148 valence electrons. The highest BCUT2D eigenvalue weighted by Crippen LogP contribution is 2.06. The third-order valence-corrected chi connectivity index (χ3v) is 3.61. The van der Waals surface area contributed by atoms with Crippen LogP contribution in [-0.4, -0.2) is 48.4 Å². The van der Waals surface area contributed by atoms with Crippen LogP contribution in [0.3, 0.4) is 0 Å². The van der Waals surface area contributed by atoms with Crippen LogP contribution in [0.5, 0.6) is 0 Å².